The highest BCUT2D eigenvalue weighted by atomic mass is 16.6. The first-order valence-corrected chi connectivity index (χ1v) is 8.19. The number of rotatable bonds is 4. The molecule has 9 heteroatoms. The Morgan fingerprint density at radius 1 is 1.44 bits per heavy atom. The number of nitro groups is 1. The van der Waals surface area contributed by atoms with E-state index in [1.807, 2.05) is 6.92 Å². The van der Waals surface area contributed by atoms with E-state index in [-0.39, 0.29) is 17.6 Å². The van der Waals surface area contributed by atoms with E-state index in [2.05, 4.69) is 15.5 Å². The lowest BCUT2D eigenvalue weighted by Gasteiger charge is -2.31. The molecule has 9 nitrogen and oxygen atoms in total. The van der Waals surface area contributed by atoms with Gasteiger partial charge >= 0.3 is 6.03 Å². The fourth-order valence-electron chi connectivity index (χ4n) is 2.82. The summed E-state index contributed by atoms with van der Waals surface area (Å²) in [4.78, 5) is 28.7. The van der Waals surface area contributed by atoms with Crippen LogP contribution >= 0.6 is 0 Å². The largest absolute Gasteiger partial charge is 0.339 e. The summed E-state index contributed by atoms with van der Waals surface area (Å²) in [7, 11) is 0. The minimum Gasteiger partial charge on any atom is -0.339 e. The first-order chi connectivity index (χ1) is 12.1. The Kier molecular flexibility index (Phi) is 4.92. The summed E-state index contributed by atoms with van der Waals surface area (Å²) in [6.07, 6.45) is 2.45. The van der Waals surface area contributed by atoms with Crippen LogP contribution in [0.4, 0.5) is 16.2 Å². The van der Waals surface area contributed by atoms with Gasteiger partial charge in [-0.3, -0.25) is 10.1 Å². The van der Waals surface area contributed by atoms with Crippen LogP contribution < -0.4 is 5.32 Å². The fourth-order valence-corrected chi connectivity index (χ4v) is 2.82. The van der Waals surface area contributed by atoms with E-state index in [1.165, 1.54) is 24.3 Å². The van der Waals surface area contributed by atoms with E-state index >= 15 is 0 Å². The predicted molar refractivity (Wildman–Crippen MR) is 89.3 cm³/mol. The number of urea groups is 1. The highest BCUT2D eigenvalue weighted by molar-refractivity contribution is 5.89. The van der Waals surface area contributed by atoms with Gasteiger partial charge in [0.1, 0.15) is 0 Å². The summed E-state index contributed by atoms with van der Waals surface area (Å²) < 4.78 is 5.15. The third kappa shape index (κ3) is 3.93. The molecule has 0 spiro atoms. The molecule has 1 aliphatic rings. The second-order valence-electron chi connectivity index (χ2n) is 5.92. The van der Waals surface area contributed by atoms with Crippen molar-refractivity contribution < 1.29 is 14.2 Å². The minimum atomic E-state index is -0.476. The zero-order valence-electron chi connectivity index (χ0n) is 13.8. The van der Waals surface area contributed by atoms with Crippen molar-refractivity contribution in [1.29, 1.82) is 0 Å². The molecule has 1 aromatic carbocycles. The lowest BCUT2D eigenvalue weighted by molar-refractivity contribution is -0.384. The van der Waals surface area contributed by atoms with Crippen LogP contribution in [0, 0.1) is 10.1 Å². The van der Waals surface area contributed by atoms with Gasteiger partial charge in [-0.25, -0.2) is 4.79 Å². The highest BCUT2D eigenvalue weighted by Crippen LogP contribution is 2.25. The molecule has 1 saturated heterocycles. The number of hydrogen-bond acceptors (Lipinski definition) is 6. The molecule has 1 N–H and O–H groups in total. The average molecular weight is 345 g/mol. The molecule has 2 amide bonds. The maximum absolute atomic E-state index is 12.4. The number of benzene rings is 1. The number of carbonyl (C=O) groups excluding carboxylic acids is 1. The number of non-ortho nitro benzene ring substituents is 1. The molecule has 3 rings (SSSR count). The molecule has 1 unspecified atom stereocenters. The minimum absolute atomic E-state index is 0.0140. The molecular weight excluding hydrogens is 326 g/mol. The van der Waals surface area contributed by atoms with Crippen LogP contribution in [-0.2, 0) is 6.42 Å². The number of anilines is 1. The van der Waals surface area contributed by atoms with Crippen molar-refractivity contribution >= 4 is 17.4 Å². The molecule has 0 radical (unpaired) electrons. The zero-order valence-corrected chi connectivity index (χ0v) is 13.8. The quantitative estimate of drug-likeness (QED) is 0.673. The van der Waals surface area contributed by atoms with Crippen molar-refractivity contribution in [3.05, 3.63) is 46.1 Å². The Bertz CT molecular complexity index is 758. The van der Waals surface area contributed by atoms with Crippen LogP contribution in [0.5, 0.6) is 0 Å². The SMILES string of the molecule is CCc1nc(C2CCCN(C(=O)Nc3ccc([N+](=O)[O-])cc3)C2)no1. The maximum atomic E-state index is 12.4. The summed E-state index contributed by atoms with van der Waals surface area (Å²) in [5.41, 5.74) is 0.505. The molecule has 132 valence electrons. The lowest BCUT2D eigenvalue weighted by Crippen LogP contribution is -2.41. The Balaban J connectivity index is 1.62. The normalized spacial score (nSPS) is 17.3. The maximum Gasteiger partial charge on any atom is 0.321 e. The third-order valence-corrected chi connectivity index (χ3v) is 4.19. The highest BCUT2D eigenvalue weighted by Gasteiger charge is 2.28. The van der Waals surface area contributed by atoms with Crippen LogP contribution in [0.2, 0.25) is 0 Å². The van der Waals surface area contributed by atoms with E-state index in [0.717, 1.165) is 12.8 Å². The summed E-state index contributed by atoms with van der Waals surface area (Å²) in [6.45, 7) is 3.11. The Hall–Kier alpha value is -2.97. The topological polar surface area (TPSA) is 114 Å². The first kappa shape index (κ1) is 16.9. The van der Waals surface area contributed by atoms with Gasteiger partial charge in [-0.1, -0.05) is 12.1 Å². The molecule has 2 aromatic rings. The smallest absolute Gasteiger partial charge is 0.321 e. The van der Waals surface area contributed by atoms with E-state index < -0.39 is 4.92 Å². The van der Waals surface area contributed by atoms with Crippen molar-refractivity contribution in [3.8, 4) is 0 Å². The van der Waals surface area contributed by atoms with E-state index in [1.54, 1.807) is 4.90 Å². The van der Waals surface area contributed by atoms with Gasteiger partial charge in [0.2, 0.25) is 5.89 Å². The summed E-state index contributed by atoms with van der Waals surface area (Å²) in [6, 6.07) is 5.52. The Morgan fingerprint density at radius 3 is 2.84 bits per heavy atom. The molecule has 0 saturated carbocycles. The average Bonchev–Trinajstić information content (AvgIpc) is 3.11. The standard InChI is InChI=1S/C16H19N5O4/c1-2-14-18-15(19-25-14)11-4-3-9-20(10-11)16(22)17-12-5-7-13(8-6-12)21(23)24/h5-8,11H,2-4,9-10H2,1H3,(H,17,22). The number of nitrogens with one attached hydrogen (secondary N) is 1. The number of nitro benzene ring substituents is 1. The van der Waals surface area contributed by atoms with Gasteiger partial charge in [-0.2, -0.15) is 4.98 Å². The van der Waals surface area contributed by atoms with E-state index in [4.69, 9.17) is 4.52 Å². The van der Waals surface area contributed by atoms with Gasteiger partial charge in [0.25, 0.3) is 5.69 Å². The number of nitrogens with zero attached hydrogens (tertiary/aromatic N) is 4. The van der Waals surface area contributed by atoms with E-state index in [9.17, 15) is 14.9 Å². The van der Waals surface area contributed by atoms with Crippen molar-refractivity contribution in [2.24, 2.45) is 0 Å². The molecule has 1 fully saturated rings. The van der Waals surface area contributed by atoms with Gasteiger partial charge in [0, 0.05) is 43.2 Å². The van der Waals surface area contributed by atoms with Crippen molar-refractivity contribution in [3.63, 3.8) is 0 Å². The molecule has 0 aliphatic carbocycles. The molecule has 1 aromatic heterocycles. The van der Waals surface area contributed by atoms with Gasteiger partial charge in [0.05, 0.1) is 4.92 Å². The summed E-state index contributed by atoms with van der Waals surface area (Å²) in [5.74, 6) is 1.30. The predicted octanol–water partition coefficient (Wildman–Crippen LogP) is 2.95. The first-order valence-electron chi connectivity index (χ1n) is 8.19. The monoisotopic (exact) mass is 345 g/mol. The second kappa shape index (κ2) is 7.29. The number of amides is 2. The molecule has 1 atom stereocenters. The van der Waals surface area contributed by atoms with Crippen LogP contribution in [0.15, 0.2) is 28.8 Å². The number of hydrogen-bond donors (Lipinski definition) is 1. The fraction of sp³-hybridized carbons (Fsp3) is 0.438. The molecule has 2 heterocycles. The molecule has 25 heavy (non-hydrogen) atoms. The van der Waals surface area contributed by atoms with Gasteiger partial charge < -0.3 is 14.7 Å². The number of aryl methyl sites for hydroxylation is 1. The van der Waals surface area contributed by atoms with Gasteiger partial charge in [-0.15, -0.1) is 0 Å². The Labute approximate surface area is 144 Å². The van der Waals surface area contributed by atoms with Crippen LogP contribution in [0.1, 0.15) is 37.4 Å². The van der Waals surface area contributed by atoms with Gasteiger partial charge in [0.15, 0.2) is 5.82 Å². The van der Waals surface area contributed by atoms with Gasteiger partial charge in [-0.05, 0) is 25.0 Å². The van der Waals surface area contributed by atoms with Crippen LogP contribution in [0.25, 0.3) is 0 Å². The number of piperidine rings is 1. The Morgan fingerprint density at radius 2 is 2.20 bits per heavy atom. The third-order valence-electron chi connectivity index (χ3n) is 4.19. The van der Waals surface area contributed by atoms with Crippen LogP contribution in [-0.4, -0.2) is 39.1 Å². The van der Waals surface area contributed by atoms with Crippen molar-refractivity contribution in [2.75, 3.05) is 18.4 Å². The van der Waals surface area contributed by atoms with E-state index in [0.29, 0.717) is 36.9 Å². The number of likely N-dealkylation sites (tertiary alicyclic amines) is 1. The molecular formula is C16H19N5O4. The second-order valence-corrected chi connectivity index (χ2v) is 5.92. The van der Waals surface area contributed by atoms with Crippen molar-refractivity contribution in [2.45, 2.75) is 32.1 Å². The zero-order chi connectivity index (χ0) is 17.8. The lowest BCUT2D eigenvalue weighted by atomic mass is 9.97. The summed E-state index contributed by atoms with van der Waals surface area (Å²) in [5, 5.41) is 17.4. The molecule has 0 bridgehead atoms. The summed E-state index contributed by atoms with van der Waals surface area (Å²) >= 11 is 0. The number of aromatic nitrogens is 2. The number of carbonyl (C=O) groups is 1. The van der Waals surface area contributed by atoms with Crippen LogP contribution in [0.3, 0.4) is 0 Å². The van der Waals surface area contributed by atoms with Crippen molar-refractivity contribution in [1.82, 2.24) is 15.0 Å². The molecule has 1 aliphatic heterocycles.